The predicted octanol–water partition coefficient (Wildman–Crippen LogP) is 1.86. The Morgan fingerprint density at radius 1 is 1.25 bits per heavy atom. The van der Waals surface area contributed by atoms with E-state index in [-0.39, 0.29) is 24.4 Å². The summed E-state index contributed by atoms with van der Waals surface area (Å²) >= 11 is 0. The van der Waals surface area contributed by atoms with E-state index >= 15 is 0 Å². The molecule has 1 aliphatic heterocycles. The molecule has 0 bridgehead atoms. The minimum Gasteiger partial charge on any atom is -0.352 e. The van der Waals surface area contributed by atoms with Gasteiger partial charge in [-0.2, -0.15) is 0 Å². The summed E-state index contributed by atoms with van der Waals surface area (Å²) in [4.78, 5) is 11.7. The molecule has 0 aromatic rings. The quantitative estimate of drug-likeness (QED) is 0.781. The van der Waals surface area contributed by atoms with Crippen LogP contribution in [0.1, 0.15) is 46.0 Å². The number of amides is 1. The molecule has 0 unspecified atom stereocenters. The van der Waals surface area contributed by atoms with Crippen molar-refractivity contribution in [2.24, 2.45) is 5.41 Å². The maximum absolute atomic E-state index is 11.7. The third kappa shape index (κ3) is 3.36. The monoisotopic (exact) mass is 246 g/mol. The molecule has 0 radical (unpaired) electrons. The third-order valence-electron chi connectivity index (χ3n) is 3.83. The van der Waals surface area contributed by atoms with Crippen molar-refractivity contribution in [1.82, 2.24) is 10.6 Å². The highest BCUT2D eigenvalue weighted by Gasteiger charge is 2.30. The fourth-order valence-corrected chi connectivity index (χ4v) is 2.36. The molecule has 1 saturated carbocycles. The lowest BCUT2D eigenvalue weighted by Gasteiger charge is -2.36. The maximum Gasteiger partial charge on any atom is 0.237 e. The zero-order chi connectivity index (χ0) is 10.9. The van der Waals surface area contributed by atoms with Gasteiger partial charge in [0.2, 0.25) is 5.91 Å². The molecule has 3 nitrogen and oxygen atoms in total. The van der Waals surface area contributed by atoms with Crippen LogP contribution in [-0.4, -0.2) is 24.5 Å². The standard InChI is InChI=1S/C12H22N2O.ClH/c1-12(2)6-3-9(4-7-12)14-11(15)10-5-8-13-10;/h9-10,13H,3-8H2,1-2H3,(H,14,15);1H/t10-;/m1./s1. The maximum atomic E-state index is 11.7. The summed E-state index contributed by atoms with van der Waals surface area (Å²) < 4.78 is 0. The summed E-state index contributed by atoms with van der Waals surface area (Å²) in [5.74, 6) is 0.214. The number of carbonyl (C=O) groups excluding carboxylic acids is 1. The van der Waals surface area contributed by atoms with E-state index in [4.69, 9.17) is 0 Å². The first-order valence-corrected chi connectivity index (χ1v) is 6.11. The Kier molecular flexibility index (Phi) is 4.62. The highest BCUT2D eigenvalue weighted by atomic mass is 35.5. The summed E-state index contributed by atoms with van der Waals surface area (Å²) in [5, 5.41) is 6.30. The molecule has 4 heteroatoms. The van der Waals surface area contributed by atoms with Crippen molar-refractivity contribution in [2.45, 2.75) is 58.0 Å². The Bertz CT molecular complexity index is 241. The number of nitrogens with one attached hydrogen (secondary N) is 2. The lowest BCUT2D eigenvalue weighted by atomic mass is 9.75. The van der Waals surface area contributed by atoms with Crippen LogP contribution in [0.5, 0.6) is 0 Å². The van der Waals surface area contributed by atoms with Gasteiger partial charge in [-0.15, -0.1) is 12.4 Å². The van der Waals surface area contributed by atoms with E-state index in [0.717, 1.165) is 25.8 Å². The molecular formula is C12H23ClN2O. The summed E-state index contributed by atoms with van der Waals surface area (Å²) in [6, 6.07) is 0.521. The molecule has 0 aromatic heterocycles. The van der Waals surface area contributed by atoms with Crippen LogP contribution in [0.2, 0.25) is 0 Å². The number of hydrogen-bond acceptors (Lipinski definition) is 2. The number of carbonyl (C=O) groups is 1. The molecule has 1 amide bonds. The molecule has 1 heterocycles. The van der Waals surface area contributed by atoms with Gasteiger partial charge in [-0.1, -0.05) is 13.8 Å². The minimum atomic E-state index is 0. The molecule has 2 N–H and O–H groups in total. The van der Waals surface area contributed by atoms with Crippen LogP contribution in [0.4, 0.5) is 0 Å². The highest BCUT2D eigenvalue weighted by Crippen LogP contribution is 2.34. The van der Waals surface area contributed by atoms with Crippen LogP contribution in [0.3, 0.4) is 0 Å². The normalized spacial score (nSPS) is 28.8. The third-order valence-corrected chi connectivity index (χ3v) is 3.83. The van der Waals surface area contributed by atoms with Gasteiger partial charge in [0.1, 0.15) is 0 Å². The molecule has 2 fully saturated rings. The second-order valence-electron chi connectivity index (χ2n) is 5.74. The number of halogens is 1. The summed E-state index contributed by atoms with van der Waals surface area (Å²) in [6.07, 6.45) is 5.76. The lowest BCUT2D eigenvalue weighted by Crippen LogP contribution is -2.55. The van der Waals surface area contributed by atoms with Gasteiger partial charge in [0.05, 0.1) is 6.04 Å². The Balaban J connectivity index is 0.00000128. The fraction of sp³-hybridized carbons (Fsp3) is 0.917. The van der Waals surface area contributed by atoms with Gasteiger partial charge in [-0.25, -0.2) is 0 Å². The molecule has 1 atom stereocenters. The van der Waals surface area contributed by atoms with Gasteiger partial charge in [0.15, 0.2) is 0 Å². The Morgan fingerprint density at radius 3 is 2.25 bits per heavy atom. The van der Waals surface area contributed by atoms with E-state index in [9.17, 15) is 4.79 Å². The Morgan fingerprint density at radius 2 is 1.81 bits per heavy atom. The van der Waals surface area contributed by atoms with E-state index in [1.807, 2.05) is 0 Å². The van der Waals surface area contributed by atoms with Crippen molar-refractivity contribution < 1.29 is 4.79 Å². The molecule has 1 aliphatic carbocycles. The molecule has 2 rings (SSSR count). The smallest absolute Gasteiger partial charge is 0.237 e. The van der Waals surface area contributed by atoms with E-state index < -0.39 is 0 Å². The number of hydrogen-bond donors (Lipinski definition) is 2. The fourth-order valence-electron chi connectivity index (χ4n) is 2.36. The molecule has 0 spiro atoms. The van der Waals surface area contributed by atoms with Crippen LogP contribution >= 0.6 is 12.4 Å². The first kappa shape index (κ1) is 13.8. The van der Waals surface area contributed by atoms with Crippen LogP contribution in [-0.2, 0) is 4.79 Å². The van der Waals surface area contributed by atoms with Crippen molar-refractivity contribution in [3.8, 4) is 0 Å². The van der Waals surface area contributed by atoms with Gasteiger partial charge in [-0.05, 0) is 44.1 Å². The van der Waals surface area contributed by atoms with Crippen LogP contribution in [0.25, 0.3) is 0 Å². The summed E-state index contributed by atoms with van der Waals surface area (Å²) in [5.41, 5.74) is 0.482. The Hall–Kier alpha value is -0.280. The van der Waals surface area contributed by atoms with Crippen LogP contribution < -0.4 is 10.6 Å². The van der Waals surface area contributed by atoms with Gasteiger partial charge >= 0.3 is 0 Å². The minimum absolute atomic E-state index is 0. The highest BCUT2D eigenvalue weighted by molar-refractivity contribution is 5.85. The Labute approximate surface area is 104 Å². The van der Waals surface area contributed by atoms with E-state index in [1.165, 1.54) is 12.8 Å². The summed E-state index contributed by atoms with van der Waals surface area (Å²) in [6.45, 7) is 5.63. The molecule has 94 valence electrons. The lowest BCUT2D eigenvalue weighted by molar-refractivity contribution is -0.125. The largest absolute Gasteiger partial charge is 0.352 e. The van der Waals surface area contributed by atoms with Crippen molar-refractivity contribution in [1.29, 1.82) is 0 Å². The van der Waals surface area contributed by atoms with Crippen molar-refractivity contribution in [3.05, 3.63) is 0 Å². The SMILES string of the molecule is CC1(C)CCC(NC(=O)[C@H]2CCN2)CC1.Cl. The van der Waals surface area contributed by atoms with Crippen molar-refractivity contribution in [2.75, 3.05) is 6.54 Å². The zero-order valence-corrected chi connectivity index (χ0v) is 11.0. The molecule has 2 aliphatic rings. The first-order chi connectivity index (χ1) is 7.07. The second kappa shape index (κ2) is 5.37. The first-order valence-electron chi connectivity index (χ1n) is 6.11. The van der Waals surface area contributed by atoms with Gasteiger partial charge in [0.25, 0.3) is 0 Å². The second-order valence-corrected chi connectivity index (χ2v) is 5.74. The molecule has 16 heavy (non-hydrogen) atoms. The predicted molar refractivity (Wildman–Crippen MR) is 67.8 cm³/mol. The average molecular weight is 247 g/mol. The molecule has 0 aromatic carbocycles. The van der Waals surface area contributed by atoms with E-state index in [2.05, 4.69) is 24.5 Å². The van der Waals surface area contributed by atoms with Crippen LogP contribution in [0.15, 0.2) is 0 Å². The number of rotatable bonds is 2. The average Bonchev–Trinajstić information content (AvgIpc) is 2.05. The topological polar surface area (TPSA) is 41.1 Å². The van der Waals surface area contributed by atoms with E-state index in [0.29, 0.717) is 11.5 Å². The van der Waals surface area contributed by atoms with Gasteiger partial charge in [0, 0.05) is 6.04 Å². The van der Waals surface area contributed by atoms with Gasteiger partial charge < -0.3 is 10.6 Å². The molecule has 1 saturated heterocycles. The van der Waals surface area contributed by atoms with Gasteiger partial charge in [-0.3, -0.25) is 4.79 Å². The van der Waals surface area contributed by atoms with Crippen LogP contribution in [0, 0.1) is 5.41 Å². The van der Waals surface area contributed by atoms with E-state index in [1.54, 1.807) is 0 Å². The zero-order valence-electron chi connectivity index (χ0n) is 10.2. The molecular weight excluding hydrogens is 224 g/mol. The van der Waals surface area contributed by atoms with Crippen molar-refractivity contribution >= 4 is 18.3 Å². The van der Waals surface area contributed by atoms with Crippen molar-refractivity contribution in [3.63, 3.8) is 0 Å². The summed E-state index contributed by atoms with van der Waals surface area (Å²) in [7, 11) is 0.